The van der Waals surface area contributed by atoms with Gasteiger partial charge in [-0.05, 0) is 18.6 Å². The van der Waals surface area contributed by atoms with Crippen LogP contribution in [0.4, 0.5) is 13.2 Å². The molecular weight excluding hydrogens is 381 g/mol. The third-order valence-corrected chi connectivity index (χ3v) is 5.12. The Morgan fingerprint density at radius 3 is 2.44 bits per heavy atom. The minimum Gasteiger partial charge on any atom is -0.336 e. The summed E-state index contributed by atoms with van der Waals surface area (Å²) >= 11 is 6.17. The lowest BCUT2D eigenvalue weighted by molar-refractivity contribution is -0.137. The van der Waals surface area contributed by atoms with E-state index in [2.05, 4.69) is 5.10 Å². The molecule has 0 bridgehead atoms. The molecule has 5 nitrogen and oxygen atoms in total. The van der Waals surface area contributed by atoms with Crippen molar-refractivity contribution in [2.75, 3.05) is 26.2 Å². The fraction of sp³-hybridized carbons (Fsp3) is 0.444. The van der Waals surface area contributed by atoms with Crippen LogP contribution in [0.15, 0.2) is 24.3 Å². The van der Waals surface area contributed by atoms with Gasteiger partial charge >= 0.3 is 6.18 Å². The average Bonchev–Trinajstić information content (AvgIpc) is 2.87. The van der Waals surface area contributed by atoms with Crippen LogP contribution in [0.5, 0.6) is 0 Å². The summed E-state index contributed by atoms with van der Waals surface area (Å²) in [5.41, 5.74) is 0.954. The number of carbonyl (C=O) groups excluding carboxylic acids is 1. The number of hydrogen-bond acceptors (Lipinski definition) is 3. The van der Waals surface area contributed by atoms with Gasteiger partial charge in [0.2, 0.25) is 0 Å². The summed E-state index contributed by atoms with van der Waals surface area (Å²) in [4.78, 5) is 16.5. The van der Waals surface area contributed by atoms with Crippen LogP contribution in [0.3, 0.4) is 0 Å². The molecule has 0 spiro atoms. The summed E-state index contributed by atoms with van der Waals surface area (Å²) in [5.74, 6) is -0.163. The zero-order valence-electron chi connectivity index (χ0n) is 15.1. The van der Waals surface area contributed by atoms with Crippen LogP contribution in [-0.4, -0.2) is 51.7 Å². The van der Waals surface area contributed by atoms with Crippen LogP contribution < -0.4 is 0 Å². The van der Waals surface area contributed by atoms with Crippen molar-refractivity contribution in [3.63, 3.8) is 0 Å². The van der Waals surface area contributed by atoms with Crippen LogP contribution in [0.1, 0.15) is 27.2 Å². The lowest BCUT2D eigenvalue weighted by Crippen LogP contribution is -2.48. The highest BCUT2D eigenvalue weighted by Gasteiger charge is 2.31. The molecule has 1 amide bonds. The number of alkyl halides is 3. The van der Waals surface area contributed by atoms with Gasteiger partial charge < -0.3 is 4.90 Å². The molecule has 0 saturated carbocycles. The van der Waals surface area contributed by atoms with E-state index in [4.69, 9.17) is 11.6 Å². The summed E-state index contributed by atoms with van der Waals surface area (Å²) in [7, 11) is 1.68. The van der Waals surface area contributed by atoms with E-state index in [1.165, 1.54) is 16.8 Å². The highest BCUT2D eigenvalue weighted by atomic mass is 35.5. The van der Waals surface area contributed by atoms with E-state index in [0.717, 1.165) is 6.07 Å². The van der Waals surface area contributed by atoms with Crippen LogP contribution in [0.25, 0.3) is 0 Å². The third-order valence-electron chi connectivity index (χ3n) is 4.69. The first kappa shape index (κ1) is 19.7. The van der Waals surface area contributed by atoms with Gasteiger partial charge in [0.1, 0.15) is 5.15 Å². The molecule has 1 fully saturated rings. The van der Waals surface area contributed by atoms with Crippen molar-refractivity contribution in [2.24, 2.45) is 7.05 Å². The largest absolute Gasteiger partial charge is 0.416 e. The number of benzene rings is 1. The number of piperazine rings is 1. The number of nitrogens with zero attached hydrogens (tertiary/aromatic N) is 4. The van der Waals surface area contributed by atoms with Crippen molar-refractivity contribution >= 4 is 17.5 Å². The Morgan fingerprint density at radius 2 is 1.89 bits per heavy atom. The van der Waals surface area contributed by atoms with Gasteiger partial charge in [0, 0.05) is 39.8 Å². The van der Waals surface area contributed by atoms with Crippen molar-refractivity contribution in [3.8, 4) is 0 Å². The summed E-state index contributed by atoms with van der Waals surface area (Å²) in [5, 5.41) is 4.47. The minimum absolute atomic E-state index is 0.163. The molecule has 3 rings (SSSR count). The number of hydrogen-bond donors (Lipinski definition) is 0. The molecule has 0 radical (unpaired) electrons. The molecule has 9 heteroatoms. The van der Waals surface area contributed by atoms with E-state index in [0.29, 0.717) is 54.7 Å². The molecule has 1 aromatic carbocycles. The SMILES string of the molecule is Cc1nn(C)c(Cl)c1C(=O)N1CCN(Cc2cccc(C(F)(F)F)c2)CC1. The van der Waals surface area contributed by atoms with E-state index in [-0.39, 0.29) is 5.91 Å². The molecular formula is C18H20ClF3N4O. The predicted octanol–water partition coefficient (Wildman–Crippen LogP) is 3.36. The van der Waals surface area contributed by atoms with E-state index >= 15 is 0 Å². The Balaban J connectivity index is 1.62. The molecule has 0 aliphatic carbocycles. The van der Waals surface area contributed by atoms with Gasteiger partial charge in [0.05, 0.1) is 16.8 Å². The maximum atomic E-state index is 12.8. The molecule has 27 heavy (non-hydrogen) atoms. The Bertz CT molecular complexity index is 842. The Morgan fingerprint density at radius 1 is 1.22 bits per heavy atom. The first-order valence-corrected chi connectivity index (χ1v) is 8.91. The van der Waals surface area contributed by atoms with E-state index in [9.17, 15) is 18.0 Å². The molecule has 0 N–H and O–H groups in total. The van der Waals surface area contributed by atoms with Crippen LogP contribution in [0.2, 0.25) is 5.15 Å². The molecule has 1 saturated heterocycles. The lowest BCUT2D eigenvalue weighted by atomic mass is 10.1. The summed E-state index contributed by atoms with van der Waals surface area (Å²) in [6, 6.07) is 5.35. The second kappa shape index (κ2) is 7.52. The number of rotatable bonds is 3. The van der Waals surface area contributed by atoms with E-state index < -0.39 is 11.7 Å². The summed E-state index contributed by atoms with van der Waals surface area (Å²) in [6.07, 6.45) is -4.35. The third kappa shape index (κ3) is 4.27. The predicted molar refractivity (Wildman–Crippen MR) is 95.6 cm³/mol. The van der Waals surface area contributed by atoms with Gasteiger partial charge in [-0.3, -0.25) is 14.4 Å². The number of halogens is 4. The minimum atomic E-state index is -4.35. The lowest BCUT2D eigenvalue weighted by Gasteiger charge is -2.34. The van der Waals surface area contributed by atoms with Crippen molar-refractivity contribution in [2.45, 2.75) is 19.6 Å². The van der Waals surface area contributed by atoms with Gasteiger partial charge in [0.15, 0.2) is 0 Å². The zero-order valence-corrected chi connectivity index (χ0v) is 15.8. The average molecular weight is 401 g/mol. The second-order valence-corrected chi connectivity index (χ2v) is 7.00. The Hall–Kier alpha value is -2.06. The molecule has 0 atom stereocenters. The number of amides is 1. The quantitative estimate of drug-likeness (QED) is 0.793. The standard InChI is InChI=1S/C18H20ClF3N4O/c1-12-15(16(19)24(2)23-12)17(27)26-8-6-25(7-9-26)11-13-4-3-5-14(10-13)18(20,21)22/h3-5,10H,6-9,11H2,1-2H3. The fourth-order valence-corrected chi connectivity index (χ4v) is 3.50. The maximum absolute atomic E-state index is 12.8. The molecule has 0 unspecified atom stereocenters. The monoisotopic (exact) mass is 400 g/mol. The van der Waals surface area contributed by atoms with E-state index in [1.54, 1.807) is 24.9 Å². The molecule has 2 heterocycles. The van der Waals surface area contributed by atoms with E-state index in [1.807, 2.05) is 4.90 Å². The Kier molecular flexibility index (Phi) is 5.48. The molecule has 1 aliphatic heterocycles. The van der Waals surface area contributed by atoms with Gasteiger partial charge in [-0.1, -0.05) is 29.8 Å². The van der Waals surface area contributed by atoms with Crippen LogP contribution in [0, 0.1) is 6.92 Å². The fourth-order valence-electron chi connectivity index (χ4n) is 3.24. The zero-order chi connectivity index (χ0) is 19.8. The topological polar surface area (TPSA) is 41.4 Å². The number of carbonyl (C=O) groups is 1. The van der Waals surface area contributed by atoms with Gasteiger partial charge in [-0.2, -0.15) is 18.3 Å². The summed E-state index contributed by atoms with van der Waals surface area (Å²) < 4.78 is 40.0. The van der Waals surface area contributed by atoms with Crippen molar-refractivity contribution < 1.29 is 18.0 Å². The number of aromatic nitrogens is 2. The maximum Gasteiger partial charge on any atom is 0.416 e. The van der Waals surface area contributed by atoms with Crippen molar-refractivity contribution in [1.29, 1.82) is 0 Å². The Labute approximate surface area is 160 Å². The number of aryl methyl sites for hydroxylation is 2. The molecule has 146 valence electrons. The van der Waals surface area contributed by atoms with Crippen molar-refractivity contribution in [3.05, 3.63) is 51.8 Å². The van der Waals surface area contributed by atoms with Crippen LogP contribution >= 0.6 is 11.6 Å². The second-order valence-electron chi connectivity index (χ2n) is 6.64. The van der Waals surface area contributed by atoms with Gasteiger partial charge in [-0.15, -0.1) is 0 Å². The highest BCUT2D eigenvalue weighted by Crippen LogP contribution is 2.30. The normalized spacial score (nSPS) is 16.0. The van der Waals surface area contributed by atoms with Gasteiger partial charge in [0.25, 0.3) is 5.91 Å². The van der Waals surface area contributed by atoms with Crippen LogP contribution in [-0.2, 0) is 19.8 Å². The van der Waals surface area contributed by atoms with Crippen molar-refractivity contribution in [1.82, 2.24) is 19.6 Å². The van der Waals surface area contributed by atoms with Gasteiger partial charge in [-0.25, -0.2) is 0 Å². The molecule has 1 aromatic heterocycles. The first-order valence-electron chi connectivity index (χ1n) is 8.53. The molecule has 1 aliphatic rings. The first-order chi connectivity index (χ1) is 12.7. The molecule has 2 aromatic rings. The smallest absolute Gasteiger partial charge is 0.336 e. The summed E-state index contributed by atoms with van der Waals surface area (Å²) in [6.45, 7) is 4.30. The highest BCUT2D eigenvalue weighted by molar-refractivity contribution is 6.33.